The van der Waals surface area contributed by atoms with Gasteiger partial charge >= 0.3 is 0 Å². The van der Waals surface area contributed by atoms with Gasteiger partial charge in [0, 0.05) is 12.1 Å². The van der Waals surface area contributed by atoms with Gasteiger partial charge in [-0.2, -0.15) is 0 Å². The number of hydrogen-bond donors (Lipinski definition) is 2. The third kappa shape index (κ3) is 4.94. The van der Waals surface area contributed by atoms with E-state index in [1.54, 1.807) is 0 Å². The van der Waals surface area contributed by atoms with Crippen molar-refractivity contribution in [2.75, 3.05) is 13.6 Å². The Labute approximate surface area is 88.3 Å². The molecule has 3 nitrogen and oxygen atoms in total. The molecule has 0 radical (unpaired) electrons. The van der Waals surface area contributed by atoms with Crippen LogP contribution in [0, 0.1) is 5.92 Å². The molecule has 0 saturated carbocycles. The second kappa shape index (κ2) is 6.38. The van der Waals surface area contributed by atoms with E-state index in [-0.39, 0.29) is 18.2 Å². The lowest BCUT2D eigenvalue weighted by atomic mass is 10.0. The number of nitrogens with two attached hydrogens (primary N) is 1. The van der Waals surface area contributed by atoms with Crippen molar-refractivity contribution in [3.8, 4) is 0 Å². The summed E-state index contributed by atoms with van der Waals surface area (Å²) in [5.74, 6) is 0.533. The van der Waals surface area contributed by atoms with Crippen molar-refractivity contribution in [1.29, 1.82) is 0 Å². The van der Waals surface area contributed by atoms with Crippen LogP contribution in [0.2, 0.25) is 0 Å². The van der Waals surface area contributed by atoms with E-state index in [1.165, 1.54) is 0 Å². The minimum atomic E-state index is -0.282. The zero-order chi connectivity index (χ0) is 11.3. The Morgan fingerprint density at radius 2 is 1.71 bits per heavy atom. The molecular formula is C11H26N2O. The van der Waals surface area contributed by atoms with Crippen molar-refractivity contribution in [1.82, 2.24) is 4.90 Å². The molecule has 0 bridgehead atoms. The fourth-order valence-corrected chi connectivity index (χ4v) is 1.26. The molecule has 0 saturated heterocycles. The van der Waals surface area contributed by atoms with E-state index in [1.807, 2.05) is 20.9 Å². The van der Waals surface area contributed by atoms with Gasteiger partial charge in [-0.1, -0.05) is 13.8 Å². The van der Waals surface area contributed by atoms with Gasteiger partial charge in [-0.3, -0.25) is 0 Å². The fourth-order valence-electron chi connectivity index (χ4n) is 1.26. The first kappa shape index (κ1) is 13.9. The number of aliphatic hydroxyl groups is 1. The van der Waals surface area contributed by atoms with E-state index in [0.717, 1.165) is 13.0 Å². The Kier molecular flexibility index (Phi) is 6.33. The molecule has 86 valence electrons. The quantitative estimate of drug-likeness (QED) is 0.677. The van der Waals surface area contributed by atoms with E-state index in [9.17, 15) is 5.11 Å². The highest BCUT2D eigenvalue weighted by Gasteiger charge is 2.15. The summed E-state index contributed by atoms with van der Waals surface area (Å²) >= 11 is 0. The molecule has 0 aromatic rings. The van der Waals surface area contributed by atoms with Gasteiger partial charge in [0.25, 0.3) is 0 Å². The average Bonchev–Trinajstić information content (AvgIpc) is 2.11. The molecule has 0 aromatic heterocycles. The normalized spacial score (nSPS) is 18.6. The molecule has 0 aliphatic heterocycles. The van der Waals surface area contributed by atoms with Gasteiger partial charge in [0.1, 0.15) is 0 Å². The maximum absolute atomic E-state index is 9.39. The molecular weight excluding hydrogens is 176 g/mol. The highest BCUT2D eigenvalue weighted by molar-refractivity contribution is 4.72. The molecule has 0 aromatic carbocycles. The molecule has 14 heavy (non-hydrogen) atoms. The van der Waals surface area contributed by atoms with Crippen molar-refractivity contribution >= 4 is 0 Å². The average molecular weight is 202 g/mol. The monoisotopic (exact) mass is 202 g/mol. The van der Waals surface area contributed by atoms with Gasteiger partial charge in [-0.15, -0.1) is 0 Å². The zero-order valence-electron chi connectivity index (χ0n) is 10.2. The Morgan fingerprint density at radius 3 is 2.07 bits per heavy atom. The lowest BCUT2D eigenvalue weighted by molar-refractivity contribution is 0.0842. The van der Waals surface area contributed by atoms with Crippen LogP contribution < -0.4 is 5.73 Å². The lowest BCUT2D eigenvalue weighted by Crippen LogP contribution is -2.40. The smallest absolute Gasteiger partial charge is 0.0664 e. The van der Waals surface area contributed by atoms with Gasteiger partial charge in [0.05, 0.1) is 6.10 Å². The Hall–Kier alpha value is -0.120. The van der Waals surface area contributed by atoms with Crippen LogP contribution in [0.1, 0.15) is 34.1 Å². The minimum Gasteiger partial charge on any atom is -0.392 e. The number of nitrogens with zero attached hydrogens (tertiary/aromatic N) is 1. The molecule has 0 spiro atoms. The second-order valence-electron chi connectivity index (χ2n) is 4.66. The summed E-state index contributed by atoms with van der Waals surface area (Å²) in [6, 6.07) is 0.466. The second-order valence-corrected chi connectivity index (χ2v) is 4.66. The summed E-state index contributed by atoms with van der Waals surface area (Å²) in [6.45, 7) is 9.09. The largest absolute Gasteiger partial charge is 0.392 e. The molecule has 0 amide bonds. The molecule has 0 rings (SSSR count). The fraction of sp³-hybridized carbons (Fsp3) is 1.00. The summed E-state index contributed by atoms with van der Waals surface area (Å²) in [5, 5.41) is 9.39. The molecule has 3 unspecified atom stereocenters. The number of rotatable bonds is 6. The van der Waals surface area contributed by atoms with Gasteiger partial charge < -0.3 is 15.7 Å². The predicted molar refractivity (Wildman–Crippen MR) is 61.2 cm³/mol. The van der Waals surface area contributed by atoms with E-state index >= 15 is 0 Å². The SMILES string of the molecule is CC(C)C(N)CCN(C)C(C)C(C)O. The first-order valence-electron chi connectivity index (χ1n) is 5.50. The molecule has 0 aliphatic rings. The summed E-state index contributed by atoms with van der Waals surface area (Å²) in [7, 11) is 2.03. The zero-order valence-corrected chi connectivity index (χ0v) is 10.2. The standard InChI is InChI=1S/C11H26N2O/c1-8(2)11(12)6-7-13(5)9(3)10(4)14/h8-11,14H,6-7,12H2,1-5H3. The topological polar surface area (TPSA) is 49.5 Å². The van der Waals surface area contributed by atoms with Crippen LogP contribution in [0.25, 0.3) is 0 Å². The molecule has 3 N–H and O–H groups in total. The first-order chi connectivity index (χ1) is 6.36. The van der Waals surface area contributed by atoms with Crippen LogP contribution in [0.4, 0.5) is 0 Å². The van der Waals surface area contributed by atoms with Crippen molar-refractivity contribution in [2.24, 2.45) is 11.7 Å². The summed E-state index contributed by atoms with van der Waals surface area (Å²) < 4.78 is 0. The summed E-state index contributed by atoms with van der Waals surface area (Å²) in [5.41, 5.74) is 5.95. The van der Waals surface area contributed by atoms with Crippen LogP contribution in [-0.4, -0.2) is 41.8 Å². The molecule has 3 atom stereocenters. The van der Waals surface area contributed by atoms with Gasteiger partial charge in [0.2, 0.25) is 0 Å². The number of aliphatic hydroxyl groups excluding tert-OH is 1. The summed E-state index contributed by atoms with van der Waals surface area (Å²) in [4.78, 5) is 2.16. The maximum Gasteiger partial charge on any atom is 0.0664 e. The first-order valence-corrected chi connectivity index (χ1v) is 5.50. The van der Waals surface area contributed by atoms with Crippen molar-refractivity contribution < 1.29 is 5.11 Å². The van der Waals surface area contributed by atoms with Gasteiger partial charge in [-0.05, 0) is 39.8 Å². The van der Waals surface area contributed by atoms with Crippen LogP contribution in [-0.2, 0) is 0 Å². The van der Waals surface area contributed by atoms with E-state index in [4.69, 9.17) is 5.73 Å². The van der Waals surface area contributed by atoms with Crippen LogP contribution >= 0.6 is 0 Å². The lowest BCUT2D eigenvalue weighted by Gasteiger charge is -2.28. The van der Waals surface area contributed by atoms with Gasteiger partial charge in [0.15, 0.2) is 0 Å². The molecule has 0 heterocycles. The Morgan fingerprint density at radius 1 is 1.21 bits per heavy atom. The van der Waals surface area contributed by atoms with Crippen LogP contribution in [0.5, 0.6) is 0 Å². The van der Waals surface area contributed by atoms with Gasteiger partial charge in [-0.25, -0.2) is 0 Å². The minimum absolute atomic E-state index is 0.203. The Bertz CT molecular complexity index is 148. The maximum atomic E-state index is 9.39. The van der Waals surface area contributed by atoms with Crippen LogP contribution in [0.15, 0.2) is 0 Å². The van der Waals surface area contributed by atoms with Crippen molar-refractivity contribution in [3.63, 3.8) is 0 Å². The molecule has 0 aliphatic carbocycles. The van der Waals surface area contributed by atoms with Crippen molar-refractivity contribution in [3.05, 3.63) is 0 Å². The number of likely N-dealkylation sites (N-methyl/N-ethyl adjacent to an activating group) is 1. The summed E-state index contributed by atoms with van der Waals surface area (Å²) in [6.07, 6.45) is 0.709. The molecule has 0 fully saturated rings. The number of hydrogen-bond acceptors (Lipinski definition) is 3. The third-order valence-electron chi connectivity index (χ3n) is 3.06. The van der Waals surface area contributed by atoms with E-state index < -0.39 is 0 Å². The highest BCUT2D eigenvalue weighted by Crippen LogP contribution is 2.07. The molecule has 3 heteroatoms. The highest BCUT2D eigenvalue weighted by atomic mass is 16.3. The Balaban J connectivity index is 3.78. The van der Waals surface area contributed by atoms with Crippen LogP contribution in [0.3, 0.4) is 0 Å². The van der Waals surface area contributed by atoms with E-state index in [2.05, 4.69) is 18.7 Å². The third-order valence-corrected chi connectivity index (χ3v) is 3.06. The predicted octanol–water partition coefficient (Wildman–Crippen LogP) is 1.06. The van der Waals surface area contributed by atoms with Crippen molar-refractivity contribution in [2.45, 2.75) is 52.3 Å². The van der Waals surface area contributed by atoms with E-state index in [0.29, 0.717) is 5.92 Å².